The van der Waals surface area contributed by atoms with Crippen LogP contribution in [0.3, 0.4) is 0 Å². The van der Waals surface area contributed by atoms with Gasteiger partial charge in [0.15, 0.2) is 0 Å². The Labute approximate surface area is 127 Å². The summed E-state index contributed by atoms with van der Waals surface area (Å²) in [5.41, 5.74) is 3.54. The number of esters is 1. The standard InChI is InChI=1S/C15H17NO2S2/c1-4-10-6-8-11(9-7-10)13-12(14(17)18-5-2)15(19-3)20-16-13/h6-9H,4-5H2,1-3H3. The van der Waals surface area contributed by atoms with Crippen molar-refractivity contribution in [2.75, 3.05) is 12.9 Å². The van der Waals surface area contributed by atoms with E-state index in [4.69, 9.17) is 4.74 Å². The molecule has 0 unspecified atom stereocenters. The molecule has 20 heavy (non-hydrogen) atoms. The van der Waals surface area contributed by atoms with E-state index < -0.39 is 0 Å². The fourth-order valence-electron chi connectivity index (χ4n) is 1.89. The van der Waals surface area contributed by atoms with Crippen LogP contribution in [0.5, 0.6) is 0 Å². The molecule has 2 rings (SSSR count). The number of nitrogens with zero attached hydrogens (tertiary/aromatic N) is 1. The van der Waals surface area contributed by atoms with Gasteiger partial charge in [-0.1, -0.05) is 31.2 Å². The van der Waals surface area contributed by atoms with Crippen LogP contribution in [0.15, 0.2) is 28.5 Å². The minimum Gasteiger partial charge on any atom is -0.462 e. The lowest BCUT2D eigenvalue weighted by Gasteiger charge is -2.05. The van der Waals surface area contributed by atoms with Gasteiger partial charge in [-0.05, 0) is 36.7 Å². The molecule has 3 nitrogen and oxygen atoms in total. The van der Waals surface area contributed by atoms with Gasteiger partial charge in [0.1, 0.15) is 5.56 Å². The van der Waals surface area contributed by atoms with Crippen LogP contribution in [0.1, 0.15) is 29.8 Å². The molecular formula is C15H17NO2S2. The lowest BCUT2D eigenvalue weighted by Crippen LogP contribution is -2.06. The maximum Gasteiger partial charge on any atom is 0.342 e. The molecule has 1 heterocycles. The Morgan fingerprint density at radius 2 is 2.00 bits per heavy atom. The Balaban J connectivity index is 2.44. The van der Waals surface area contributed by atoms with Gasteiger partial charge in [0.05, 0.1) is 16.5 Å². The van der Waals surface area contributed by atoms with Crippen molar-refractivity contribution in [3.05, 3.63) is 35.4 Å². The average Bonchev–Trinajstić information content (AvgIpc) is 2.91. The summed E-state index contributed by atoms with van der Waals surface area (Å²) in [7, 11) is 0. The van der Waals surface area contributed by atoms with Crippen molar-refractivity contribution >= 4 is 29.3 Å². The lowest BCUT2D eigenvalue weighted by molar-refractivity contribution is 0.0524. The predicted molar refractivity (Wildman–Crippen MR) is 84.7 cm³/mol. The quantitative estimate of drug-likeness (QED) is 0.611. The first-order valence-corrected chi connectivity index (χ1v) is 8.51. The zero-order chi connectivity index (χ0) is 14.5. The molecule has 0 bridgehead atoms. The van der Waals surface area contributed by atoms with E-state index in [-0.39, 0.29) is 5.97 Å². The number of carbonyl (C=O) groups excluding carboxylic acids is 1. The van der Waals surface area contributed by atoms with E-state index in [9.17, 15) is 4.79 Å². The van der Waals surface area contributed by atoms with Gasteiger partial charge >= 0.3 is 5.97 Å². The topological polar surface area (TPSA) is 39.2 Å². The summed E-state index contributed by atoms with van der Waals surface area (Å²) >= 11 is 2.88. The molecule has 0 atom stereocenters. The van der Waals surface area contributed by atoms with Crippen LogP contribution in [0.4, 0.5) is 0 Å². The summed E-state index contributed by atoms with van der Waals surface area (Å²) in [6.07, 6.45) is 2.94. The van der Waals surface area contributed by atoms with E-state index >= 15 is 0 Å². The van der Waals surface area contributed by atoms with Crippen LogP contribution in [0, 0.1) is 0 Å². The number of hydrogen-bond donors (Lipinski definition) is 0. The predicted octanol–water partition coefficient (Wildman–Crippen LogP) is 4.27. The van der Waals surface area contributed by atoms with Gasteiger partial charge in [0.2, 0.25) is 0 Å². The van der Waals surface area contributed by atoms with Crippen molar-refractivity contribution in [1.29, 1.82) is 0 Å². The highest BCUT2D eigenvalue weighted by Crippen LogP contribution is 2.34. The maximum atomic E-state index is 12.1. The molecule has 0 spiro atoms. The van der Waals surface area contributed by atoms with Gasteiger partial charge in [0, 0.05) is 5.56 Å². The van der Waals surface area contributed by atoms with Crippen LogP contribution in [-0.2, 0) is 11.2 Å². The lowest BCUT2D eigenvalue weighted by atomic mass is 10.1. The highest BCUT2D eigenvalue weighted by atomic mass is 32.2. The summed E-state index contributed by atoms with van der Waals surface area (Å²) in [4.78, 5) is 12.1. The van der Waals surface area contributed by atoms with Crippen LogP contribution in [-0.4, -0.2) is 23.2 Å². The summed E-state index contributed by atoms with van der Waals surface area (Å²) in [6, 6.07) is 8.17. The van der Waals surface area contributed by atoms with Crippen LogP contribution in [0.2, 0.25) is 0 Å². The van der Waals surface area contributed by atoms with Crippen molar-refractivity contribution in [3.63, 3.8) is 0 Å². The molecule has 1 aromatic carbocycles. The zero-order valence-corrected chi connectivity index (χ0v) is 13.4. The largest absolute Gasteiger partial charge is 0.462 e. The minimum atomic E-state index is -0.292. The number of aromatic nitrogens is 1. The Morgan fingerprint density at radius 1 is 1.30 bits per heavy atom. The maximum absolute atomic E-state index is 12.1. The number of benzene rings is 1. The second kappa shape index (κ2) is 6.90. The normalized spacial score (nSPS) is 10.6. The van der Waals surface area contributed by atoms with E-state index in [2.05, 4.69) is 23.4 Å². The third-order valence-corrected chi connectivity index (χ3v) is 4.90. The number of thioether (sulfide) groups is 1. The third-order valence-electron chi connectivity index (χ3n) is 2.96. The molecule has 0 saturated heterocycles. The highest BCUT2D eigenvalue weighted by Gasteiger charge is 2.22. The van der Waals surface area contributed by atoms with Crippen molar-refractivity contribution in [3.8, 4) is 11.3 Å². The first-order valence-electron chi connectivity index (χ1n) is 6.51. The van der Waals surface area contributed by atoms with Crippen molar-refractivity contribution in [1.82, 2.24) is 4.37 Å². The highest BCUT2D eigenvalue weighted by molar-refractivity contribution is 8.00. The van der Waals surface area contributed by atoms with Gasteiger partial charge in [-0.2, -0.15) is 4.37 Å². The number of hydrogen-bond acceptors (Lipinski definition) is 5. The fourth-order valence-corrected chi connectivity index (χ4v) is 3.33. The van der Waals surface area contributed by atoms with Crippen molar-refractivity contribution in [2.45, 2.75) is 24.5 Å². The molecule has 0 aliphatic heterocycles. The first kappa shape index (κ1) is 15.1. The van der Waals surface area contributed by atoms with Gasteiger partial charge < -0.3 is 4.74 Å². The van der Waals surface area contributed by atoms with E-state index in [1.165, 1.54) is 28.9 Å². The second-order valence-corrected chi connectivity index (χ2v) is 6.02. The molecule has 0 fully saturated rings. The summed E-state index contributed by atoms with van der Waals surface area (Å²) in [5, 5.41) is 0. The Hall–Kier alpha value is -1.33. The number of carbonyl (C=O) groups is 1. The van der Waals surface area contributed by atoms with Gasteiger partial charge in [-0.15, -0.1) is 11.8 Å². The van der Waals surface area contributed by atoms with Crippen LogP contribution < -0.4 is 0 Å². The second-order valence-electron chi connectivity index (χ2n) is 4.17. The number of aryl methyl sites for hydroxylation is 1. The van der Waals surface area contributed by atoms with E-state index in [1.807, 2.05) is 25.3 Å². The number of ether oxygens (including phenoxy) is 1. The molecule has 0 N–H and O–H groups in total. The Kier molecular flexibility index (Phi) is 5.20. The Morgan fingerprint density at radius 3 is 2.55 bits per heavy atom. The number of rotatable bonds is 5. The molecule has 106 valence electrons. The Bertz CT molecular complexity index is 590. The van der Waals surface area contributed by atoms with Crippen molar-refractivity contribution in [2.24, 2.45) is 0 Å². The van der Waals surface area contributed by atoms with Gasteiger partial charge in [0.25, 0.3) is 0 Å². The molecule has 0 radical (unpaired) electrons. The molecule has 2 aromatic rings. The average molecular weight is 307 g/mol. The fraction of sp³-hybridized carbons (Fsp3) is 0.333. The molecular weight excluding hydrogens is 290 g/mol. The molecule has 1 aromatic heterocycles. The van der Waals surface area contributed by atoms with E-state index in [0.29, 0.717) is 12.2 Å². The first-order chi connectivity index (χ1) is 9.71. The molecule has 0 aliphatic rings. The monoisotopic (exact) mass is 307 g/mol. The van der Waals surface area contributed by atoms with Crippen LogP contribution >= 0.6 is 23.3 Å². The smallest absolute Gasteiger partial charge is 0.342 e. The summed E-state index contributed by atoms with van der Waals surface area (Å²) in [5.74, 6) is -0.292. The third kappa shape index (κ3) is 3.04. The minimum absolute atomic E-state index is 0.292. The van der Waals surface area contributed by atoms with Gasteiger partial charge in [-0.3, -0.25) is 0 Å². The van der Waals surface area contributed by atoms with Gasteiger partial charge in [-0.25, -0.2) is 4.79 Å². The van der Waals surface area contributed by atoms with E-state index in [0.717, 1.165) is 21.9 Å². The van der Waals surface area contributed by atoms with E-state index in [1.54, 1.807) is 0 Å². The molecule has 5 heteroatoms. The summed E-state index contributed by atoms with van der Waals surface area (Å²) < 4.78 is 10.5. The van der Waals surface area contributed by atoms with Crippen LogP contribution in [0.25, 0.3) is 11.3 Å². The zero-order valence-electron chi connectivity index (χ0n) is 11.8. The SMILES string of the molecule is CCOC(=O)c1c(-c2ccc(CC)cc2)nsc1SC. The molecule has 0 saturated carbocycles. The molecule has 0 aliphatic carbocycles. The summed E-state index contributed by atoms with van der Waals surface area (Å²) in [6.45, 7) is 4.30. The van der Waals surface area contributed by atoms with Crippen molar-refractivity contribution < 1.29 is 9.53 Å². The molecule has 0 amide bonds.